The lowest BCUT2D eigenvalue weighted by atomic mass is 9.93. The maximum Gasteiger partial charge on any atom is 0.185 e. The Morgan fingerprint density at radius 3 is 2.53 bits per heavy atom. The first-order chi connectivity index (χ1) is 15.7. The summed E-state index contributed by atoms with van der Waals surface area (Å²) in [5.74, 6) is 0.178. The predicted molar refractivity (Wildman–Crippen MR) is 123 cm³/mol. The van der Waals surface area contributed by atoms with Crippen molar-refractivity contribution < 1.29 is 14.3 Å². The van der Waals surface area contributed by atoms with Gasteiger partial charge in [0, 0.05) is 24.9 Å². The van der Waals surface area contributed by atoms with Crippen LogP contribution in [-0.4, -0.2) is 22.0 Å². The first-order valence-corrected chi connectivity index (χ1v) is 10.3. The van der Waals surface area contributed by atoms with Crippen LogP contribution < -0.4 is 4.74 Å². The summed E-state index contributed by atoms with van der Waals surface area (Å²) in [5, 5.41) is 0. The Hall–Kier alpha value is -4.12. The van der Waals surface area contributed by atoms with Crippen LogP contribution in [0, 0.1) is 6.92 Å². The molecule has 158 valence electrons. The number of rotatable bonds is 8. The van der Waals surface area contributed by atoms with E-state index in [1.54, 1.807) is 6.20 Å². The Bertz CT molecular complexity index is 1240. The summed E-state index contributed by atoms with van der Waals surface area (Å²) in [6, 6.07) is 23.1. The fourth-order valence-electron chi connectivity index (χ4n) is 3.52. The summed E-state index contributed by atoms with van der Waals surface area (Å²) in [7, 11) is 0. The normalized spacial score (nSPS) is 10.5. The molecule has 4 rings (SSSR count). The highest BCUT2D eigenvalue weighted by molar-refractivity contribution is 5.97. The molecule has 0 unspecified atom stereocenters. The van der Waals surface area contributed by atoms with Gasteiger partial charge in [-0.15, -0.1) is 0 Å². The second-order valence-corrected chi connectivity index (χ2v) is 7.39. The molecule has 2 aromatic heterocycles. The number of nitrogens with zero attached hydrogens (tertiary/aromatic N) is 2. The summed E-state index contributed by atoms with van der Waals surface area (Å²) in [6.45, 7) is 2.22. The van der Waals surface area contributed by atoms with Gasteiger partial charge in [-0.1, -0.05) is 54.6 Å². The van der Waals surface area contributed by atoms with Crippen molar-refractivity contribution in [3.05, 3.63) is 113 Å². The minimum absolute atomic E-state index is 0.140. The maximum absolute atomic E-state index is 13.0. The molecule has 0 atom stereocenters. The van der Waals surface area contributed by atoms with Gasteiger partial charge in [-0.2, -0.15) is 0 Å². The van der Waals surface area contributed by atoms with Gasteiger partial charge in [-0.25, -0.2) is 0 Å². The van der Waals surface area contributed by atoms with E-state index in [1.165, 1.54) is 12.3 Å². The third-order valence-electron chi connectivity index (χ3n) is 5.29. The Morgan fingerprint density at radius 2 is 1.78 bits per heavy atom. The van der Waals surface area contributed by atoms with Gasteiger partial charge in [0.1, 0.15) is 18.1 Å². The van der Waals surface area contributed by atoms with E-state index in [0.29, 0.717) is 17.6 Å². The van der Waals surface area contributed by atoms with Crippen LogP contribution in [0.5, 0.6) is 5.75 Å². The van der Waals surface area contributed by atoms with E-state index in [2.05, 4.69) is 28.2 Å². The highest BCUT2D eigenvalue weighted by Gasteiger charge is 2.15. The van der Waals surface area contributed by atoms with E-state index >= 15 is 0 Å². The second-order valence-electron chi connectivity index (χ2n) is 7.39. The smallest absolute Gasteiger partial charge is 0.185 e. The van der Waals surface area contributed by atoms with Crippen LogP contribution in [0.4, 0.5) is 0 Å². The number of carbonyl (C=O) groups is 2. The molecule has 0 radical (unpaired) electrons. The molecule has 5 heteroatoms. The summed E-state index contributed by atoms with van der Waals surface area (Å²) >= 11 is 0. The number of hydrogen-bond acceptors (Lipinski definition) is 5. The number of aromatic nitrogens is 2. The zero-order valence-electron chi connectivity index (χ0n) is 17.7. The molecule has 0 aliphatic carbocycles. The van der Waals surface area contributed by atoms with E-state index in [0.717, 1.165) is 27.9 Å². The third-order valence-corrected chi connectivity index (χ3v) is 5.29. The Kier molecular flexibility index (Phi) is 6.46. The number of ether oxygens (including phenoxy) is 1. The number of carbonyl (C=O) groups excluding carboxylic acids is 2. The molecule has 2 heterocycles. The van der Waals surface area contributed by atoms with Crippen molar-refractivity contribution in [2.24, 2.45) is 0 Å². The standard InChI is InChI=1S/C27H22N2O3/c1-19-21(10-7-12-24(19)20-8-3-2-4-9-20)14-26(31)25-15-27(22(17-30)16-29-25)32-18-23-11-5-6-13-28-23/h2-13,15-17H,14,18H2,1H3. The van der Waals surface area contributed by atoms with Crippen molar-refractivity contribution in [2.45, 2.75) is 20.0 Å². The molecule has 0 N–H and O–H groups in total. The molecule has 2 aromatic carbocycles. The van der Waals surface area contributed by atoms with Gasteiger partial charge in [0.15, 0.2) is 12.1 Å². The van der Waals surface area contributed by atoms with Crippen molar-refractivity contribution in [2.75, 3.05) is 0 Å². The largest absolute Gasteiger partial charge is 0.486 e. The van der Waals surface area contributed by atoms with Gasteiger partial charge in [0.25, 0.3) is 0 Å². The molecule has 0 saturated carbocycles. The molecular weight excluding hydrogens is 400 g/mol. The minimum atomic E-state index is -0.140. The lowest BCUT2D eigenvalue weighted by molar-refractivity contribution is 0.0986. The van der Waals surface area contributed by atoms with E-state index in [-0.39, 0.29) is 24.5 Å². The van der Waals surface area contributed by atoms with Crippen LogP contribution in [0.15, 0.2) is 85.2 Å². The average molecular weight is 422 g/mol. The SMILES string of the molecule is Cc1c(CC(=O)c2cc(OCc3ccccn3)c(C=O)cn2)cccc1-c1ccccc1. The second kappa shape index (κ2) is 9.79. The quantitative estimate of drug-likeness (QED) is 0.286. The molecule has 0 aliphatic rings. The Labute approximate surface area is 186 Å². The molecule has 32 heavy (non-hydrogen) atoms. The van der Waals surface area contributed by atoms with Crippen molar-refractivity contribution in [3.63, 3.8) is 0 Å². The van der Waals surface area contributed by atoms with Gasteiger partial charge in [-0.05, 0) is 41.3 Å². The zero-order valence-corrected chi connectivity index (χ0v) is 17.7. The Morgan fingerprint density at radius 1 is 0.969 bits per heavy atom. The van der Waals surface area contributed by atoms with Crippen molar-refractivity contribution in [1.29, 1.82) is 0 Å². The van der Waals surface area contributed by atoms with Gasteiger partial charge in [0.2, 0.25) is 0 Å². The summed E-state index contributed by atoms with van der Waals surface area (Å²) < 4.78 is 5.77. The summed E-state index contributed by atoms with van der Waals surface area (Å²) in [4.78, 5) is 32.8. The predicted octanol–water partition coefficient (Wildman–Crippen LogP) is 5.27. The van der Waals surface area contributed by atoms with Gasteiger partial charge in [-0.3, -0.25) is 19.6 Å². The number of aldehydes is 1. The first kappa shape index (κ1) is 21.1. The topological polar surface area (TPSA) is 69.2 Å². The molecule has 0 amide bonds. The van der Waals surface area contributed by atoms with E-state index in [9.17, 15) is 9.59 Å². The molecule has 5 nitrogen and oxygen atoms in total. The Balaban J connectivity index is 1.55. The van der Waals surface area contributed by atoms with Crippen molar-refractivity contribution in [1.82, 2.24) is 9.97 Å². The van der Waals surface area contributed by atoms with Gasteiger partial charge in [0.05, 0.1) is 11.3 Å². The van der Waals surface area contributed by atoms with Crippen LogP contribution in [0.2, 0.25) is 0 Å². The van der Waals surface area contributed by atoms with Crippen LogP contribution in [-0.2, 0) is 13.0 Å². The van der Waals surface area contributed by atoms with Crippen molar-refractivity contribution >= 4 is 12.1 Å². The first-order valence-electron chi connectivity index (χ1n) is 10.3. The number of Topliss-reactive ketones (excluding diaryl/α,β-unsaturated/α-hetero) is 1. The number of benzene rings is 2. The van der Waals surface area contributed by atoms with Gasteiger partial charge < -0.3 is 4.74 Å². The molecule has 4 aromatic rings. The van der Waals surface area contributed by atoms with E-state index in [4.69, 9.17) is 4.74 Å². The minimum Gasteiger partial charge on any atom is -0.486 e. The van der Waals surface area contributed by atoms with Crippen LogP contribution in [0.25, 0.3) is 11.1 Å². The number of ketones is 1. The molecule has 0 fully saturated rings. The van der Waals surface area contributed by atoms with Crippen molar-refractivity contribution in [3.8, 4) is 16.9 Å². The fourth-order valence-corrected chi connectivity index (χ4v) is 3.52. The molecule has 0 bridgehead atoms. The lowest BCUT2D eigenvalue weighted by Crippen LogP contribution is -2.09. The highest BCUT2D eigenvalue weighted by atomic mass is 16.5. The summed E-state index contributed by atoms with van der Waals surface area (Å²) in [5.41, 5.74) is 5.48. The number of hydrogen-bond donors (Lipinski definition) is 0. The molecular formula is C27H22N2O3. The van der Waals surface area contributed by atoms with Gasteiger partial charge >= 0.3 is 0 Å². The molecule has 0 spiro atoms. The lowest BCUT2D eigenvalue weighted by Gasteiger charge is -2.12. The average Bonchev–Trinajstić information content (AvgIpc) is 2.85. The summed E-state index contributed by atoms with van der Waals surface area (Å²) in [6.07, 6.45) is 3.93. The zero-order chi connectivity index (χ0) is 22.3. The molecule has 0 saturated heterocycles. The number of pyridine rings is 2. The van der Waals surface area contributed by atoms with E-state index < -0.39 is 0 Å². The maximum atomic E-state index is 13.0. The molecule has 0 aliphatic heterocycles. The third kappa shape index (κ3) is 4.78. The van der Waals surface area contributed by atoms with Crippen LogP contribution in [0.1, 0.15) is 37.7 Å². The highest BCUT2D eigenvalue weighted by Crippen LogP contribution is 2.27. The van der Waals surface area contributed by atoms with Crippen LogP contribution >= 0.6 is 0 Å². The fraction of sp³-hybridized carbons (Fsp3) is 0.111. The van der Waals surface area contributed by atoms with Crippen LogP contribution in [0.3, 0.4) is 0 Å². The monoisotopic (exact) mass is 422 g/mol. The van der Waals surface area contributed by atoms with E-state index in [1.807, 2.05) is 55.5 Å².